The number of rotatable bonds is 7. The lowest BCUT2D eigenvalue weighted by molar-refractivity contribution is 0.469. The first-order chi connectivity index (χ1) is 16.0. The average Bonchev–Trinajstić information content (AvgIpc) is 2.97. The van der Waals surface area contributed by atoms with Crippen molar-refractivity contribution < 1.29 is 4.39 Å². The smallest absolute Gasteiger partial charge is 0.284 e. The van der Waals surface area contributed by atoms with Crippen molar-refractivity contribution in [3.63, 3.8) is 0 Å². The van der Waals surface area contributed by atoms with Crippen molar-refractivity contribution in [3.8, 4) is 5.69 Å². The molecule has 1 aliphatic carbocycles. The molecule has 0 fully saturated rings. The van der Waals surface area contributed by atoms with E-state index in [1.165, 1.54) is 30.5 Å². The van der Waals surface area contributed by atoms with Gasteiger partial charge in [-0.2, -0.15) is 0 Å². The van der Waals surface area contributed by atoms with E-state index in [1.807, 2.05) is 54.2 Å². The Morgan fingerprint density at radius 2 is 1.82 bits per heavy atom. The van der Waals surface area contributed by atoms with E-state index in [1.54, 1.807) is 4.68 Å². The van der Waals surface area contributed by atoms with Crippen LogP contribution in [0.5, 0.6) is 0 Å². The second kappa shape index (κ2) is 11.0. The van der Waals surface area contributed by atoms with Gasteiger partial charge in [0.25, 0.3) is 5.56 Å². The third-order valence-corrected chi connectivity index (χ3v) is 7.34. The van der Waals surface area contributed by atoms with Crippen LogP contribution in [0.2, 0.25) is 0 Å². The monoisotopic (exact) mass is 508 g/mol. The fraction of sp³-hybridized carbons (Fsp3) is 0.321. The van der Waals surface area contributed by atoms with Gasteiger partial charge >= 0.3 is 0 Å². The van der Waals surface area contributed by atoms with Gasteiger partial charge in [-0.15, -0.1) is 0 Å². The Hall–Kier alpha value is -2.66. The fourth-order valence-corrected chi connectivity index (χ4v) is 5.24. The predicted octanol–water partition coefficient (Wildman–Crippen LogP) is 7.23. The summed E-state index contributed by atoms with van der Waals surface area (Å²) in [5.41, 5.74) is 4.44. The van der Waals surface area contributed by atoms with Crippen molar-refractivity contribution in [2.24, 2.45) is 13.0 Å². The number of para-hydroxylation sites is 1. The maximum absolute atomic E-state index is 13.0. The van der Waals surface area contributed by atoms with Crippen molar-refractivity contribution >= 4 is 22.0 Å². The maximum atomic E-state index is 13.0. The van der Waals surface area contributed by atoms with Crippen molar-refractivity contribution in [2.75, 3.05) is 0 Å². The van der Waals surface area contributed by atoms with Crippen LogP contribution in [0, 0.1) is 11.7 Å². The highest BCUT2D eigenvalue weighted by Gasteiger charge is 2.18. The zero-order chi connectivity index (χ0) is 23.2. The molecule has 0 saturated heterocycles. The summed E-state index contributed by atoms with van der Waals surface area (Å²) in [7, 11) is 1.96. The Bertz CT molecular complexity index is 1190. The molecule has 4 rings (SSSR count). The van der Waals surface area contributed by atoms with E-state index in [0.29, 0.717) is 10.4 Å². The van der Waals surface area contributed by atoms with Gasteiger partial charge in [-0.25, -0.2) is 9.07 Å². The van der Waals surface area contributed by atoms with Gasteiger partial charge in [0.1, 0.15) is 10.3 Å². The van der Waals surface area contributed by atoms with Crippen molar-refractivity contribution in [1.82, 2.24) is 9.36 Å². The third-order valence-electron chi connectivity index (χ3n) is 6.54. The lowest BCUT2D eigenvalue weighted by Crippen LogP contribution is -2.19. The maximum Gasteiger partial charge on any atom is 0.285 e. The van der Waals surface area contributed by atoms with E-state index >= 15 is 0 Å². The van der Waals surface area contributed by atoms with E-state index < -0.39 is 0 Å². The molecule has 0 bridgehead atoms. The van der Waals surface area contributed by atoms with E-state index in [9.17, 15) is 9.18 Å². The van der Waals surface area contributed by atoms with Crippen LogP contribution in [0.1, 0.15) is 49.8 Å². The van der Waals surface area contributed by atoms with Crippen LogP contribution in [0.3, 0.4) is 0 Å². The zero-order valence-electron chi connectivity index (χ0n) is 19.0. The highest BCUT2D eigenvalue weighted by molar-refractivity contribution is 9.10. The first kappa shape index (κ1) is 23.5. The number of hydrogen-bond donors (Lipinski definition) is 0. The van der Waals surface area contributed by atoms with Gasteiger partial charge in [-0.05, 0) is 96.6 Å². The topological polar surface area (TPSA) is 26.9 Å². The van der Waals surface area contributed by atoms with E-state index in [-0.39, 0.29) is 11.4 Å². The molecule has 33 heavy (non-hydrogen) atoms. The Labute approximate surface area is 203 Å². The Balaban J connectivity index is 1.33. The quantitative estimate of drug-likeness (QED) is 0.309. The average molecular weight is 509 g/mol. The summed E-state index contributed by atoms with van der Waals surface area (Å²) >= 11 is 3.55. The van der Waals surface area contributed by atoms with E-state index in [2.05, 4.69) is 34.2 Å². The summed E-state index contributed by atoms with van der Waals surface area (Å²) in [4.78, 5) is 12.8. The Kier molecular flexibility index (Phi) is 7.81. The van der Waals surface area contributed by atoms with Gasteiger partial charge in [-0.3, -0.25) is 9.48 Å². The third kappa shape index (κ3) is 5.83. The van der Waals surface area contributed by atoms with E-state index in [4.69, 9.17) is 0 Å². The van der Waals surface area contributed by atoms with Crippen LogP contribution in [0.15, 0.2) is 81.6 Å². The SMILES string of the molecule is Cn1c(CCC2=CCCC(C/C=C/c3ccc(F)cc3)CC2)c(Br)c(=O)n1-c1ccccc1. The Morgan fingerprint density at radius 1 is 1.06 bits per heavy atom. The minimum Gasteiger partial charge on any atom is -0.284 e. The van der Waals surface area contributed by atoms with Gasteiger partial charge in [0.05, 0.1) is 11.4 Å². The van der Waals surface area contributed by atoms with Crippen LogP contribution in [-0.4, -0.2) is 9.36 Å². The van der Waals surface area contributed by atoms with Crippen LogP contribution < -0.4 is 5.56 Å². The molecule has 0 aliphatic heterocycles. The summed E-state index contributed by atoms with van der Waals surface area (Å²) in [5.74, 6) is 0.476. The second-order valence-electron chi connectivity index (χ2n) is 8.77. The van der Waals surface area contributed by atoms with Gasteiger partial charge in [-0.1, -0.05) is 54.1 Å². The number of hydrogen-bond acceptors (Lipinski definition) is 1. The lowest BCUT2D eigenvalue weighted by Gasteiger charge is -2.13. The Morgan fingerprint density at radius 3 is 2.58 bits per heavy atom. The minimum absolute atomic E-state index is 0.0125. The van der Waals surface area contributed by atoms with Crippen molar-refractivity contribution in [1.29, 1.82) is 0 Å². The minimum atomic E-state index is -0.196. The number of halogens is 2. The fourth-order valence-electron chi connectivity index (χ4n) is 4.62. The molecule has 0 N–H and O–H groups in total. The van der Waals surface area contributed by atoms with Crippen molar-refractivity contribution in [3.05, 3.63) is 104 Å². The second-order valence-corrected chi connectivity index (χ2v) is 9.56. The molecule has 1 aromatic heterocycles. The van der Waals surface area contributed by atoms with Gasteiger partial charge < -0.3 is 0 Å². The summed E-state index contributed by atoms with van der Waals surface area (Å²) in [6.07, 6.45) is 14.2. The number of benzene rings is 2. The van der Waals surface area contributed by atoms with Crippen LogP contribution in [-0.2, 0) is 13.5 Å². The largest absolute Gasteiger partial charge is 0.285 e. The molecule has 2 aromatic carbocycles. The first-order valence-electron chi connectivity index (χ1n) is 11.6. The molecule has 3 nitrogen and oxygen atoms in total. The van der Waals surface area contributed by atoms with Crippen LogP contribution >= 0.6 is 15.9 Å². The number of aromatic nitrogens is 2. The molecule has 0 amide bonds. The molecular formula is C28H30BrFN2O. The van der Waals surface area contributed by atoms with Crippen LogP contribution in [0.4, 0.5) is 4.39 Å². The molecule has 1 atom stereocenters. The summed E-state index contributed by atoms with van der Waals surface area (Å²) in [6, 6.07) is 16.4. The van der Waals surface area contributed by atoms with Gasteiger partial charge in [0, 0.05) is 7.05 Å². The van der Waals surface area contributed by atoms with Crippen molar-refractivity contribution in [2.45, 2.75) is 44.9 Å². The van der Waals surface area contributed by atoms with Crippen LogP contribution in [0.25, 0.3) is 11.8 Å². The summed E-state index contributed by atoms with van der Waals surface area (Å²) < 4.78 is 17.4. The standard InChI is InChI=1S/C28H30BrFN2O/c1-31-26(27(29)28(33)32(31)25-11-3-2-4-12-25)20-17-22-9-5-7-21(13-14-22)8-6-10-23-15-18-24(30)19-16-23/h2-4,6,9-12,15-16,18-19,21H,5,7-8,13-14,17,20H2,1H3/b10-6+. The molecule has 3 aromatic rings. The van der Waals surface area contributed by atoms with Gasteiger partial charge in [0.2, 0.25) is 0 Å². The molecule has 5 heteroatoms. The molecule has 0 spiro atoms. The molecule has 1 aliphatic rings. The summed E-state index contributed by atoms with van der Waals surface area (Å²) in [6.45, 7) is 0. The normalized spacial score (nSPS) is 16.7. The lowest BCUT2D eigenvalue weighted by atomic mass is 9.94. The predicted molar refractivity (Wildman–Crippen MR) is 137 cm³/mol. The highest BCUT2D eigenvalue weighted by Crippen LogP contribution is 2.29. The van der Waals surface area contributed by atoms with E-state index in [0.717, 1.165) is 49.0 Å². The molecule has 0 radical (unpaired) electrons. The zero-order valence-corrected chi connectivity index (χ0v) is 20.6. The highest BCUT2D eigenvalue weighted by atomic mass is 79.9. The number of nitrogens with zero attached hydrogens (tertiary/aromatic N) is 2. The molecular weight excluding hydrogens is 479 g/mol. The first-order valence-corrected chi connectivity index (χ1v) is 12.4. The number of allylic oxidation sites excluding steroid dienone is 3. The molecule has 1 heterocycles. The molecule has 172 valence electrons. The van der Waals surface area contributed by atoms with Gasteiger partial charge in [0.15, 0.2) is 0 Å². The molecule has 0 saturated carbocycles. The molecule has 1 unspecified atom stereocenters. The summed E-state index contributed by atoms with van der Waals surface area (Å²) in [5, 5.41) is 0.